The van der Waals surface area contributed by atoms with Crippen LogP contribution in [0.4, 0.5) is 0 Å². The molecule has 0 radical (unpaired) electrons. The number of para-hydroxylation sites is 1. The van der Waals surface area contributed by atoms with Gasteiger partial charge in [-0.15, -0.1) is 5.10 Å². The van der Waals surface area contributed by atoms with Crippen LogP contribution >= 0.6 is 0 Å². The van der Waals surface area contributed by atoms with E-state index in [1.165, 1.54) is 4.90 Å². The quantitative estimate of drug-likeness (QED) is 0.387. The number of aliphatic hydroxyl groups excluding tert-OH is 1. The van der Waals surface area contributed by atoms with E-state index in [4.69, 9.17) is 4.74 Å². The molecule has 2 aromatic rings. The molecular formula is C25H33N5O5. The second-order valence-corrected chi connectivity index (χ2v) is 9.05. The first-order valence-corrected chi connectivity index (χ1v) is 12.3. The van der Waals surface area contributed by atoms with Gasteiger partial charge in [0.2, 0.25) is 11.8 Å². The van der Waals surface area contributed by atoms with Gasteiger partial charge in [0.15, 0.2) is 0 Å². The molecule has 35 heavy (non-hydrogen) atoms. The zero-order chi connectivity index (χ0) is 24.9. The normalized spacial score (nSPS) is 25.6. The molecule has 10 nitrogen and oxygen atoms in total. The summed E-state index contributed by atoms with van der Waals surface area (Å²) in [5, 5.41) is 20.5. The molecule has 2 amide bonds. The number of carbonyl (C=O) groups is 3. The Bertz CT molecular complexity index is 1100. The predicted molar refractivity (Wildman–Crippen MR) is 128 cm³/mol. The minimum Gasteiger partial charge on any atom is -0.466 e. The highest BCUT2D eigenvalue weighted by atomic mass is 16.5. The Morgan fingerprint density at radius 2 is 2.00 bits per heavy atom. The lowest BCUT2D eigenvalue weighted by Crippen LogP contribution is -2.48. The second kappa shape index (κ2) is 11.0. The number of esters is 1. The summed E-state index contributed by atoms with van der Waals surface area (Å²) in [6, 6.07) is 6.66. The first-order chi connectivity index (χ1) is 17.0. The van der Waals surface area contributed by atoms with Crippen LogP contribution in [0.5, 0.6) is 0 Å². The summed E-state index contributed by atoms with van der Waals surface area (Å²) in [5.41, 5.74) is 1.50. The van der Waals surface area contributed by atoms with Gasteiger partial charge in [-0.2, -0.15) is 0 Å². The minimum atomic E-state index is -0.787. The number of aliphatic hydroxyl groups is 1. The number of nitrogens with zero attached hydrogens (tertiary/aromatic N) is 4. The van der Waals surface area contributed by atoms with Crippen LogP contribution in [0.2, 0.25) is 0 Å². The maximum Gasteiger partial charge on any atom is 0.310 e. The van der Waals surface area contributed by atoms with Gasteiger partial charge in [0.1, 0.15) is 18.2 Å². The molecule has 1 aromatic heterocycles. The Balaban J connectivity index is 1.61. The van der Waals surface area contributed by atoms with E-state index in [0.717, 1.165) is 23.9 Å². The monoisotopic (exact) mass is 483 g/mol. The maximum atomic E-state index is 13.6. The number of ether oxygens (including phenoxy) is 1. The second-order valence-electron chi connectivity index (χ2n) is 9.05. The van der Waals surface area contributed by atoms with E-state index in [9.17, 15) is 19.5 Å². The number of nitrogens with one attached hydrogen (secondary N) is 1. The van der Waals surface area contributed by atoms with E-state index in [2.05, 4.69) is 15.6 Å². The van der Waals surface area contributed by atoms with Crippen molar-refractivity contribution in [3.05, 3.63) is 36.4 Å². The van der Waals surface area contributed by atoms with Crippen molar-refractivity contribution in [3.63, 3.8) is 0 Å². The Morgan fingerprint density at radius 3 is 2.74 bits per heavy atom. The molecule has 1 aliphatic carbocycles. The van der Waals surface area contributed by atoms with Crippen molar-refractivity contribution < 1.29 is 24.2 Å². The van der Waals surface area contributed by atoms with E-state index in [1.54, 1.807) is 11.6 Å². The van der Waals surface area contributed by atoms with Gasteiger partial charge in [0, 0.05) is 19.1 Å². The van der Waals surface area contributed by atoms with Crippen molar-refractivity contribution in [3.8, 4) is 0 Å². The molecule has 1 aromatic carbocycles. The van der Waals surface area contributed by atoms with Crippen LogP contribution < -0.4 is 5.32 Å². The van der Waals surface area contributed by atoms with Gasteiger partial charge >= 0.3 is 5.97 Å². The Kier molecular flexibility index (Phi) is 7.80. The van der Waals surface area contributed by atoms with Crippen LogP contribution in [-0.4, -0.2) is 68.6 Å². The number of hydrogen-bond donors (Lipinski definition) is 2. The van der Waals surface area contributed by atoms with E-state index in [-0.39, 0.29) is 44.2 Å². The first-order valence-electron chi connectivity index (χ1n) is 12.3. The average molecular weight is 484 g/mol. The number of amides is 2. The van der Waals surface area contributed by atoms with Gasteiger partial charge in [0.05, 0.1) is 24.0 Å². The number of fused-ring (bicyclic) bond motifs is 2. The van der Waals surface area contributed by atoms with E-state index < -0.39 is 29.8 Å². The molecular weight excluding hydrogens is 450 g/mol. The number of aromatic nitrogens is 3. The minimum absolute atomic E-state index is 0.0960. The van der Waals surface area contributed by atoms with Gasteiger partial charge in [-0.3, -0.25) is 14.4 Å². The third-order valence-electron chi connectivity index (χ3n) is 6.94. The van der Waals surface area contributed by atoms with Gasteiger partial charge in [-0.05, 0) is 37.8 Å². The summed E-state index contributed by atoms with van der Waals surface area (Å²) in [6.07, 6.45) is 5.85. The molecule has 4 rings (SSSR count). The lowest BCUT2D eigenvalue weighted by molar-refractivity contribution is -0.155. The number of rotatable bonds is 10. The van der Waals surface area contributed by atoms with Gasteiger partial charge in [-0.25, -0.2) is 4.68 Å². The summed E-state index contributed by atoms with van der Waals surface area (Å²) in [6.45, 7) is 4.24. The van der Waals surface area contributed by atoms with Crippen LogP contribution in [0, 0.1) is 23.7 Å². The van der Waals surface area contributed by atoms with Crippen LogP contribution in [0.25, 0.3) is 11.0 Å². The standard InChI is InChI=1S/C25H33N5O5/c1-3-8-16-11-12-17-21(20(16)25(34)35-4-2)24(33)29(13-7-14-31)22(17)23(32)26-15-30-19-10-6-5-9-18(19)27-28-30/h5-6,9-12,16-17,20-22,31H,3-4,7-8,13-15H2,1-2H3,(H,26,32)/t16-,17+,20-,21-,22+/m1/s1. The highest BCUT2D eigenvalue weighted by molar-refractivity contribution is 5.96. The fourth-order valence-corrected chi connectivity index (χ4v) is 5.44. The summed E-state index contributed by atoms with van der Waals surface area (Å²) in [4.78, 5) is 41.6. The highest BCUT2D eigenvalue weighted by Gasteiger charge is 2.57. The molecule has 2 aliphatic rings. The van der Waals surface area contributed by atoms with Crippen molar-refractivity contribution in [2.45, 2.75) is 45.8 Å². The van der Waals surface area contributed by atoms with Crippen molar-refractivity contribution in [2.75, 3.05) is 19.8 Å². The van der Waals surface area contributed by atoms with E-state index in [0.29, 0.717) is 6.42 Å². The van der Waals surface area contributed by atoms with Crippen LogP contribution in [0.1, 0.15) is 33.1 Å². The van der Waals surface area contributed by atoms with Gasteiger partial charge in [0.25, 0.3) is 0 Å². The summed E-state index contributed by atoms with van der Waals surface area (Å²) in [7, 11) is 0. The number of benzene rings is 1. The molecule has 188 valence electrons. The Labute approximate surface area is 204 Å². The maximum absolute atomic E-state index is 13.6. The van der Waals surface area contributed by atoms with Crippen LogP contribution in [0.15, 0.2) is 36.4 Å². The molecule has 0 saturated carbocycles. The third-order valence-corrected chi connectivity index (χ3v) is 6.94. The van der Waals surface area contributed by atoms with E-state index >= 15 is 0 Å². The summed E-state index contributed by atoms with van der Waals surface area (Å²) < 4.78 is 6.95. The predicted octanol–water partition coefficient (Wildman–Crippen LogP) is 1.50. The molecule has 1 aliphatic heterocycles. The fraction of sp³-hybridized carbons (Fsp3) is 0.560. The molecule has 2 N–H and O–H groups in total. The van der Waals surface area contributed by atoms with E-state index in [1.807, 2.05) is 43.3 Å². The Morgan fingerprint density at radius 1 is 1.20 bits per heavy atom. The zero-order valence-corrected chi connectivity index (χ0v) is 20.2. The van der Waals surface area contributed by atoms with Crippen molar-refractivity contribution in [1.82, 2.24) is 25.2 Å². The zero-order valence-electron chi connectivity index (χ0n) is 20.2. The molecule has 0 spiro atoms. The van der Waals surface area contributed by atoms with Crippen molar-refractivity contribution in [2.24, 2.45) is 23.7 Å². The highest BCUT2D eigenvalue weighted by Crippen LogP contribution is 2.45. The number of allylic oxidation sites excluding steroid dienone is 1. The SMILES string of the molecule is CCC[C@@H]1C=C[C@H]2[C@@H](C(=O)N(CCCO)[C@@H]2C(=O)NCn2nnc3ccccc32)[C@@H]1C(=O)OCC. The number of carbonyl (C=O) groups excluding carboxylic acids is 3. The Hall–Kier alpha value is -3.27. The first kappa shape index (κ1) is 24.8. The topological polar surface area (TPSA) is 127 Å². The van der Waals surface area contributed by atoms with Crippen LogP contribution in [-0.2, 0) is 25.8 Å². The largest absolute Gasteiger partial charge is 0.466 e. The third kappa shape index (κ3) is 4.80. The lowest BCUT2D eigenvalue weighted by atomic mass is 9.69. The number of likely N-dealkylation sites (tertiary alicyclic amines) is 1. The number of hydrogen-bond acceptors (Lipinski definition) is 7. The van der Waals surface area contributed by atoms with Crippen LogP contribution in [0.3, 0.4) is 0 Å². The molecule has 2 heterocycles. The molecule has 10 heteroatoms. The molecule has 1 fully saturated rings. The summed E-state index contributed by atoms with van der Waals surface area (Å²) in [5.74, 6) is -2.84. The fourth-order valence-electron chi connectivity index (χ4n) is 5.44. The van der Waals surface area contributed by atoms with Crippen molar-refractivity contribution >= 4 is 28.8 Å². The summed E-state index contributed by atoms with van der Waals surface area (Å²) >= 11 is 0. The smallest absolute Gasteiger partial charge is 0.310 e. The molecule has 0 bridgehead atoms. The van der Waals surface area contributed by atoms with Crippen molar-refractivity contribution in [1.29, 1.82) is 0 Å². The lowest BCUT2D eigenvalue weighted by Gasteiger charge is -2.33. The molecule has 1 saturated heterocycles. The van der Waals surface area contributed by atoms with Gasteiger partial charge < -0.3 is 20.1 Å². The molecule has 5 atom stereocenters. The average Bonchev–Trinajstić information content (AvgIpc) is 3.40. The molecule has 0 unspecified atom stereocenters. The van der Waals surface area contributed by atoms with Gasteiger partial charge in [-0.1, -0.05) is 42.8 Å².